The zero-order valence-corrected chi connectivity index (χ0v) is 12.6. The number of hydrogen-bond acceptors (Lipinski definition) is 1. The molecular weight excluding hydrogens is 278 g/mol. The lowest BCUT2D eigenvalue weighted by Gasteiger charge is -2.34. The lowest BCUT2D eigenvalue weighted by atomic mass is 9.69. The minimum absolute atomic E-state index is 0.288. The van der Waals surface area contributed by atoms with Crippen LogP contribution in [-0.4, -0.2) is 6.21 Å². The molecular formula is C22H15N. The van der Waals surface area contributed by atoms with E-state index in [2.05, 4.69) is 84.9 Å². The second-order valence-corrected chi connectivity index (χ2v) is 6.05. The van der Waals surface area contributed by atoms with Crippen LogP contribution < -0.4 is 0 Å². The number of rotatable bonds is 2. The van der Waals surface area contributed by atoms with Crippen molar-refractivity contribution in [2.45, 2.75) is 5.41 Å². The fraction of sp³-hybridized carbons (Fsp3) is 0.0455. The van der Waals surface area contributed by atoms with E-state index in [0.717, 1.165) is 0 Å². The topological polar surface area (TPSA) is 12.4 Å². The van der Waals surface area contributed by atoms with Crippen molar-refractivity contribution in [1.29, 1.82) is 0 Å². The Kier molecular flexibility index (Phi) is 2.48. The molecule has 2 aliphatic rings. The van der Waals surface area contributed by atoms with E-state index in [4.69, 9.17) is 4.99 Å². The summed E-state index contributed by atoms with van der Waals surface area (Å²) < 4.78 is 0. The smallest absolute Gasteiger partial charge is 0.0886 e. The number of aliphatic imine (C=N–C) groups is 1. The maximum atomic E-state index is 4.71. The van der Waals surface area contributed by atoms with E-state index in [0.29, 0.717) is 0 Å². The molecule has 0 saturated heterocycles. The van der Waals surface area contributed by atoms with Gasteiger partial charge in [-0.05, 0) is 22.3 Å². The van der Waals surface area contributed by atoms with Gasteiger partial charge < -0.3 is 0 Å². The van der Waals surface area contributed by atoms with E-state index in [9.17, 15) is 0 Å². The predicted molar refractivity (Wildman–Crippen MR) is 94.6 cm³/mol. The van der Waals surface area contributed by atoms with Crippen molar-refractivity contribution < 1.29 is 0 Å². The summed E-state index contributed by atoms with van der Waals surface area (Å²) in [4.78, 5) is 4.71. The van der Waals surface area contributed by atoms with E-state index in [1.165, 1.54) is 33.5 Å². The van der Waals surface area contributed by atoms with Crippen LogP contribution in [0.15, 0.2) is 95.6 Å². The van der Waals surface area contributed by atoms with Crippen LogP contribution in [0.1, 0.15) is 22.3 Å². The first-order valence-corrected chi connectivity index (χ1v) is 7.92. The molecule has 1 heterocycles. The van der Waals surface area contributed by atoms with E-state index >= 15 is 0 Å². The van der Waals surface area contributed by atoms with Gasteiger partial charge in [0, 0.05) is 11.8 Å². The lowest BCUT2D eigenvalue weighted by molar-refractivity contribution is 0.732. The molecule has 0 spiro atoms. The fourth-order valence-corrected chi connectivity index (χ4v) is 3.99. The van der Waals surface area contributed by atoms with E-state index < -0.39 is 0 Å². The summed E-state index contributed by atoms with van der Waals surface area (Å²) in [6, 6.07) is 30.2. The number of nitrogens with zero attached hydrogens (tertiary/aromatic N) is 1. The molecule has 23 heavy (non-hydrogen) atoms. The molecule has 108 valence electrons. The number of benzene rings is 3. The standard InChI is InChI=1S/C22H15N/c1-3-9-16(10-4-1)22(17-11-5-2-6-12-17)20-14-8-7-13-18(20)19-15-23-21(19)22/h1-15H. The van der Waals surface area contributed by atoms with Gasteiger partial charge >= 0.3 is 0 Å². The summed E-state index contributed by atoms with van der Waals surface area (Å²) in [5, 5.41) is 0. The van der Waals surface area contributed by atoms with Gasteiger partial charge in [0.1, 0.15) is 0 Å². The van der Waals surface area contributed by atoms with Crippen molar-refractivity contribution in [3.05, 3.63) is 113 Å². The molecule has 0 aromatic heterocycles. The highest BCUT2D eigenvalue weighted by Gasteiger charge is 2.49. The van der Waals surface area contributed by atoms with Crippen LogP contribution in [-0.2, 0) is 5.41 Å². The van der Waals surface area contributed by atoms with Crippen molar-refractivity contribution >= 4 is 11.8 Å². The van der Waals surface area contributed by atoms with Crippen LogP contribution >= 0.6 is 0 Å². The minimum Gasteiger partial charge on any atom is -0.258 e. The molecule has 0 saturated carbocycles. The quantitative estimate of drug-likeness (QED) is 0.641. The first-order valence-electron chi connectivity index (χ1n) is 7.92. The third-order valence-corrected chi connectivity index (χ3v) is 4.97. The SMILES string of the molecule is C1=NC2=C1c1ccccc1C2(c1ccccc1)c1ccccc1. The van der Waals surface area contributed by atoms with Crippen LogP contribution in [0.4, 0.5) is 0 Å². The van der Waals surface area contributed by atoms with Crippen LogP contribution in [0, 0.1) is 0 Å². The molecule has 0 bridgehead atoms. The maximum absolute atomic E-state index is 4.71. The number of allylic oxidation sites excluding steroid dienone is 2. The number of fused-ring (bicyclic) bond motifs is 2. The highest BCUT2D eigenvalue weighted by molar-refractivity contribution is 6.20. The summed E-state index contributed by atoms with van der Waals surface area (Å²) in [5.41, 5.74) is 7.37. The molecule has 3 aromatic rings. The van der Waals surface area contributed by atoms with E-state index in [1.807, 2.05) is 6.21 Å². The van der Waals surface area contributed by atoms with E-state index in [1.54, 1.807) is 0 Å². The first-order chi connectivity index (χ1) is 11.4. The van der Waals surface area contributed by atoms with Crippen molar-refractivity contribution in [3.63, 3.8) is 0 Å². The summed E-state index contributed by atoms with van der Waals surface area (Å²) in [6.07, 6.45) is 2.00. The molecule has 1 aliphatic carbocycles. The Hall–Kier alpha value is -2.93. The average molecular weight is 293 g/mol. The Labute approximate surface area is 135 Å². The van der Waals surface area contributed by atoms with Crippen molar-refractivity contribution in [1.82, 2.24) is 0 Å². The van der Waals surface area contributed by atoms with Gasteiger partial charge in [-0.2, -0.15) is 0 Å². The van der Waals surface area contributed by atoms with Gasteiger partial charge in [-0.15, -0.1) is 0 Å². The third-order valence-electron chi connectivity index (χ3n) is 4.97. The molecule has 1 nitrogen and oxygen atoms in total. The van der Waals surface area contributed by atoms with E-state index in [-0.39, 0.29) is 5.41 Å². The molecule has 0 N–H and O–H groups in total. The largest absolute Gasteiger partial charge is 0.258 e. The molecule has 0 radical (unpaired) electrons. The monoisotopic (exact) mass is 293 g/mol. The summed E-state index contributed by atoms with van der Waals surface area (Å²) in [5.74, 6) is 0. The molecule has 0 fully saturated rings. The Bertz CT molecular complexity index is 910. The summed E-state index contributed by atoms with van der Waals surface area (Å²) in [7, 11) is 0. The Morgan fingerprint density at radius 1 is 0.609 bits per heavy atom. The minimum atomic E-state index is -0.288. The van der Waals surface area contributed by atoms with Gasteiger partial charge in [-0.3, -0.25) is 4.99 Å². The molecule has 0 amide bonds. The number of hydrogen-bond donors (Lipinski definition) is 0. The van der Waals surface area contributed by atoms with Crippen molar-refractivity contribution in [3.8, 4) is 0 Å². The zero-order valence-electron chi connectivity index (χ0n) is 12.6. The summed E-state index contributed by atoms with van der Waals surface area (Å²) in [6.45, 7) is 0. The highest BCUT2D eigenvalue weighted by Crippen LogP contribution is 2.56. The van der Waals surface area contributed by atoms with Gasteiger partial charge in [0.2, 0.25) is 0 Å². The second kappa shape index (κ2) is 4.53. The van der Waals surface area contributed by atoms with Gasteiger partial charge in [0.05, 0.1) is 11.1 Å². The molecule has 3 aromatic carbocycles. The first kappa shape index (κ1) is 12.6. The average Bonchev–Trinajstić information content (AvgIpc) is 2.80. The Morgan fingerprint density at radius 2 is 1.17 bits per heavy atom. The normalized spacial score (nSPS) is 16.7. The highest BCUT2D eigenvalue weighted by atomic mass is 14.9. The van der Waals surface area contributed by atoms with Crippen LogP contribution in [0.25, 0.3) is 5.57 Å². The lowest BCUT2D eigenvalue weighted by Crippen LogP contribution is -2.30. The van der Waals surface area contributed by atoms with Gasteiger partial charge in [-0.25, -0.2) is 0 Å². The van der Waals surface area contributed by atoms with Crippen molar-refractivity contribution in [2.24, 2.45) is 4.99 Å². The summed E-state index contributed by atoms with van der Waals surface area (Å²) >= 11 is 0. The van der Waals surface area contributed by atoms with Crippen LogP contribution in [0.2, 0.25) is 0 Å². The molecule has 1 aliphatic heterocycles. The fourth-order valence-electron chi connectivity index (χ4n) is 3.99. The third kappa shape index (κ3) is 1.49. The van der Waals surface area contributed by atoms with Crippen LogP contribution in [0.3, 0.4) is 0 Å². The molecule has 5 rings (SSSR count). The molecule has 0 unspecified atom stereocenters. The van der Waals surface area contributed by atoms with Gasteiger partial charge in [0.15, 0.2) is 0 Å². The second-order valence-electron chi connectivity index (χ2n) is 6.05. The molecule has 0 atom stereocenters. The predicted octanol–water partition coefficient (Wildman–Crippen LogP) is 4.83. The Balaban J connectivity index is 1.92. The van der Waals surface area contributed by atoms with Crippen molar-refractivity contribution in [2.75, 3.05) is 0 Å². The van der Waals surface area contributed by atoms with Crippen LogP contribution in [0.5, 0.6) is 0 Å². The molecule has 1 heteroatoms. The van der Waals surface area contributed by atoms with Gasteiger partial charge in [0.25, 0.3) is 0 Å². The zero-order chi connectivity index (χ0) is 15.3. The Morgan fingerprint density at radius 3 is 1.74 bits per heavy atom. The van der Waals surface area contributed by atoms with Gasteiger partial charge in [-0.1, -0.05) is 84.9 Å². The maximum Gasteiger partial charge on any atom is 0.0886 e.